The SMILES string of the molecule is CC(C)(C)OC(=O)NC1CCC(C=CC=O)CC1. The van der Waals surface area contributed by atoms with Gasteiger partial charge >= 0.3 is 6.09 Å². The Hall–Kier alpha value is -1.32. The van der Waals surface area contributed by atoms with Crippen LogP contribution >= 0.6 is 0 Å². The minimum absolute atomic E-state index is 0.195. The van der Waals surface area contributed by atoms with Crippen LogP contribution in [0.5, 0.6) is 0 Å². The summed E-state index contributed by atoms with van der Waals surface area (Å²) in [6, 6.07) is 0.195. The van der Waals surface area contributed by atoms with Crippen LogP contribution in [0.25, 0.3) is 0 Å². The molecule has 18 heavy (non-hydrogen) atoms. The van der Waals surface area contributed by atoms with E-state index in [2.05, 4.69) is 5.32 Å². The molecule has 0 aliphatic heterocycles. The van der Waals surface area contributed by atoms with Crippen LogP contribution in [0.1, 0.15) is 46.5 Å². The van der Waals surface area contributed by atoms with Gasteiger partial charge in [0.15, 0.2) is 0 Å². The number of nitrogens with one attached hydrogen (secondary N) is 1. The van der Waals surface area contributed by atoms with Gasteiger partial charge in [0.05, 0.1) is 0 Å². The first kappa shape index (κ1) is 14.7. The Kier molecular flexibility index (Phi) is 5.38. The fourth-order valence-electron chi connectivity index (χ4n) is 2.13. The predicted molar refractivity (Wildman–Crippen MR) is 70.3 cm³/mol. The van der Waals surface area contributed by atoms with E-state index in [1.165, 1.54) is 0 Å². The number of amides is 1. The molecule has 1 rings (SSSR count). The largest absolute Gasteiger partial charge is 0.444 e. The Morgan fingerprint density at radius 2 is 1.83 bits per heavy atom. The van der Waals surface area contributed by atoms with Crippen LogP contribution in [-0.2, 0) is 9.53 Å². The summed E-state index contributed by atoms with van der Waals surface area (Å²) in [5, 5.41) is 2.90. The Balaban J connectivity index is 2.29. The molecule has 0 spiro atoms. The van der Waals surface area contributed by atoms with Crippen LogP contribution in [0, 0.1) is 5.92 Å². The Bertz CT molecular complexity index is 309. The summed E-state index contributed by atoms with van der Waals surface area (Å²) in [6.07, 6.45) is 7.87. The lowest BCUT2D eigenvalue weighted by atomic mass is 9.86. The zero-order chi connectivity index (χ0) is 13.6. The molecule has 1 N–H and O–H groups in total. The van der Waals surface area contributed by atoms with Crippen LogP contribution in [-0.4, -0.2) is 24.0 Å². The van der Waals surface area contributed by atoms with Crippen molar-refractivity contribution in [2.75, 3.05) is 0 Å². The third-order valence-corrected chi connectivity index (χ3v) is 2.95. The van der Waals surface area contributed by atoms with Gasteiger partial charge in [0.1, 0.15) is 11.9 Å². The maximum Gasteiger partial charge on any atom is 0.407 e. The number of hydrogen-bond donors (Lipinski definition) is 1. The van der Waals surface area contributed by atoms with Crippen LogP contribution in [0.2, 0.25) is 0 Å². The molecule has 1 amide bonds. The predicted octanol–water partition coefficient (Wildman–Crippen LogP) is 2.83. The molecule has 102 valence electrons. The third kappa shape index (κ3) is 5.84. The van der Waals surface area contributed by atoms with Crippen molar-refractivity contribution < 1.29 is 14.3 Å². The molecule has 0 aromatic carbocycles. The lowest BCUT2D eigenvalue weighted by molar-refractivity contribution is -0.104. The quantitative estimate of drug-likeness (QED) is 0.621. The summed E-state index contributed by atoms with van der Waals surface area (Å²) in [7, 11) is 0. The highest BCUT2D eigenvalue weighted by molar-refractivity contribution is 5.68. The smallest absolute Gasteiger partial charge is 0.407 e. The number of carbonyl (C=O) groups excluding carboxylic acids is 2. The van der Waals surface area contributed by atoms with Gasteiger partial charge in [-0.1, -0.05) is 6.08 Å². The molecule has 0 bridgehead atoms. The maximum atomic E-state index is 11.6. The van der Waals surface area contributed by atoms with E-state index in [0.29, 0.717) is 5.92 Å². The zero-order valence-corrected chi connectivity index (χ0v) is 11.4. The molecule has 0 aromatic rings. The van der Waals surface area contributed by atoms with Gasteiger partial charge in [-0.3, -0.25) is 4.79 Å². The molecular weight excluding hydrogens is 230 g/mol. The van der Waals surface area contributed by atoms with Crippen molar-refractivity contribution in [2.24, 2.45) is 5.92 Å². The number of aldehydes is 1. The first-order valence-corrected chi connectivity index (χ1v) is 6.52. The van der Waals surface area contributed by atoms with Gasteiger partial charge in [-0.05, 0) is 58.4 Å². The Labute approximate surface area is 109 Å². The summed E-state index contributed by atoms with van der Waals surface area (Å²) in [5.74, 6) is 0.465. The fourth-order valence-corrected chi connectivity index (χ4v) is 2.13. The summed E-state index contributed by atoms with van der Waals surface area (Å²) in [6.45, 7) is 5.56. The Morgan fingerprint density at radius 1 is 1.22 bits per heavy atom. The van der Waals surface area contributed by atoms with Gasteiger partial charge < -0.3 is 10.1 Å². The van der Waals surface area contributed by atoms with Gasteiger partial charge in [-0.25, -0.2) is 4.79 Å². The van der Waals surface area contributed by atoms with E-state index in [1.54, 1.807) is 6.08 Å². The highest BCUT2D eigenvalue weighted by Gasteiger charge is 2.23. The number of ether oxygens (including phenoxy) is 1. The second-order valence-corrected chi connectivity index (χ2v) is 5.78. The average Bonchev–Trinajstić information content (AvgIpc) is 2.25. The minimum atomic E-state index is -0.450. The molecule has 1 saturated carbocycles. The van der Waals surface area contributed by atoms with Crippen LogP contribution in [0.3, 0.4) is 0 Å². The number of alkyl carbamates (subject to hydrolysis) is 1. The third-order valence-electron chi connectivity index (χ3n) is 2.95. The normalized spacial score (nSPS) is 24.8. The molecule has 1 aliphatic rings. The molecule has 4 nitrogen and oxygen atoms in total. The minimum Gasteiger partial charge on any atom is -0.444 e. The molecule has 1 fully saturated rings. The van der Waals surface area contributed by atoms with Crippen LogP contribution in [0.4, 0.5) is 4.79 Å². The van der Waals surface area contributed by atoms with Crippen molar-refractivity contribution in [3.63, 3.8) is 0 Å². The van der Waals surface area contributed by atoms with Crippen molar-refractivity contribution in [3.8, 4) is 0 Å². The van der Waals surface area contributed by atoms with Gasteiger partial charge in [0.2, 0.25) is 0 Å². The molecule has 0 unspecified atom stereocenters. The van der Waals surface area contributed by atoms with E-state index in [1.807, 2.05) is 26.8 Å². The molecule has 0 heterocycles. The average molecular weight is 253 g/mol. The van der Waals surface area contributed by atoms with E-state index >= 15 is 0 Å². The summed E-state index contributed by atoms with van der Waals surface area (Å²) in [4.78, 5) is 21.8. The van der Waals surface area contributed by atoms with Crippen LogP contribution < -0.4 is 5.32 Å². The summed E-state index contributed by atoms with van der Waals surface area (Å²) < 4.78 is 5.22. The van der Waals surface area contributed by atoms with E-state index in [4.69, 9.17) is 4.74 Å². The van der Waals surface area contributed by atoms with Crippen molar-refractivity contribution in [2.45, 2.75) is 58.1 Å². The maximum absolute atomic E-state index is 11.6. The van der Waals surface area contributed by atoms with Crippen LogP contribution in [0.15, 0.2) is 12.2 Å². The van der Waals surface area contributed by atoms with E-state index in [0.717, 1.165) is 32.0 Å². The second kappa shape index (κ2) is 6.57. The van der Waals surface area contributed by atoms with E-state index in [-0.39, 0.29) is 12.1 Å². The highest BCUT2D eigenvalue weighted by atomic mass is 16.6. The summed E-state index contributed by atoms with van der Waals surface area (Å²) in [5.41, 5.74) is -0.450. The molecule has 4 heteroatoms. The molecule has 1 aliphatic carbocycles. The topological polar surface area (TPSA) is 55.4 Å². The van der Waals surface area contributed by atoms with Gasteiger partial charge in [-0.2, -0.15) is 0 Å². The first-order chi connectivity index (χ1) is 8.40. The molecule has 0 saturated heterocycles. The van der Waals surface area contributed by atoms with E-state index < -0.39 is 5.60 Å². The molecular formula is C14H23NO3. The number of allylic oxidation sites excluding steroid dienone is 2. The fraction of sp³-hybridized carbons (Fsp3) is 0.714. The number of carbonyl (C=O) groups is 2. The van der Waals surface area contributed by atoms with E-state index in [9.17, 15) is 9.59 Å². The highest BCUT2D eigenvalue weighted by Crippen LogP contribution is 2.25. The zero-order valence-electron chi connectivity index (χ0n) is 11.4. The molecule has 0 atom stereocenters. The van der Waals surface area contributed by atoms with Crippen molar-refractivity contribution in [1.82, 2.24) is 5.32 Å². The van der Waals surface area contributed by atoms with Gasteiger partial charge in [0, 0.05) is 6.04 Å². The Morgan fingerprint density at radius 3 is 2.33 bits per heavy atom. The lowest BCUT2D eigenvalue weighted by Gasteiger charge is -2.28. The standard InChI is InChI=1S/C14H23NO3/c1-14(2,3)18-13(17)15-12-8-6-11(7-9-12)5-4-10-16/h4-5,10-12H,6-9H2,1-3H3,(H,15,17). The lowest BCUT2D eigenvalue weighted by Crippen LogP contribution is -2.40. The molecule has 0 aromatic heterocycles. The number of rotatable bonds is 3. The van der Waals surface area contributed by atoms with Gasteiger partial charge in [0.25, 0.3) is 0 Å². The summed E-state index contributed by atoms with van der Waals surface area (Å²) >= 11 is 0. The van der Waals surface area contributed by atoms with Crippen molar-refractivity contribution in [3.05, 3.63) is 12.2 Å². The number of hydrogen-bond acceptors (Lipinski definition) is 3. The van der Waals surface area contributed by atoms with Crippen molar-refractivity contribution in [1.29, 1.82) is 0 Å². The van der Waals surface area contributed by atoms with Gasteiger partial charge in [-0.15, -0.1) is 0 Å². The second-order valence-electron chi connectivity index (χ2n) is 5.78. The monoisotopic (exact) mass is 253 g/mol. The first-order valence-electron chi connectivity index (χ1n) is 6.52. The van der Waals surface area contributed by atoms with Crippen molar-refractivity contribution >= 4 is 12.4 Å². The molecule has 0 radical (unpaired) electrons.